The number of rotatable bonds is 5. The molecule has 0 amide bonds. The van der Waals surface area contributed by atoms with Crippen molar-refractivity contribution >= 4 is 23.2 Å². The Morgan fingerprint density at radius 1 is 1.20 bits per heavy atom. The summed E-state index contributed by atoms with van der Waals surface area (Å²) in [5.74, 6) is 0.590. The number of hydrogen-bond donors (Lipinski definition) is 1. The normalized spacial score (nSPS) is 10.4. The van der Waals surface area contributed by atoms with E-state index in [1.807, 2.05) is 6.07 Å². The number of aryl methyl sites for hydroxylation is 1. The standard InChI is InChI=1S/C11H14Cl2O2/c1-15-11-7-9(12)8(6-10(11)13)4-2-3-5-14/h6-7,14H,2-5H2,1H3. The predicted molar refractivity (Wildman–Crippen MR) is 63.0 cm³/mol. The van der Waals surface area contributed by atoms with Crippen LogP contribution in [0.1, 0.15) is 18.4 Å². The summed E-state index contributed by atoms with van der Waals surface area (Å²) in [6.07, 6.45) is 2.50. The molecule has 0 heterocycles. The van der Waals surface area contributed by atoms with E-state index in [1.165, 1.54) is 0 Å². The minimum absolute atomic E-state index is 0.210. The molecular weight excluding hydrogens is 235 g/mol. The van der Waals surface area contributed by atoms with Crippen molar-refractivity contribution in [2.45, 2.75) is 19.3 Å². The molecule has 1 rings (SSSR count). The Balaban J connectivity index is 2.76. The van der Waals surface area contributed by atoms with Crippen molar-refractivity contribution in [3.05, 3.63) is 27.7 Å². The summed E-state index contributed by atoms with van der Waals surface area (Å²) in [4.78, 5) is 0. The van der Waals surface area contributed by atoms with Crippen LogP contribution >= 0.6 is 23.2 Å². The molecule has 4 heteroatoms. The van der Waals surface area contributed by atoms with Gasteiger partial charge < -0.3 is 9.84 Å². The minimum atomic E-state index is 0.210. The van der Waals surface area contributed by atoms with E-state index >= 15 is 0 Å². The summed E-state index contributed by atoms with van der Waals surface area (Å²) in [6, 6.07) is 3.54. The summed E-state index contributed by atoms with van der Waals surface area (Å²) in [6.45, 7) is 0.210. The fraction of sp³-hybridized carbons (Fsp3) is 0.455. The van der Waals surface area contributed by atoms with E-state index in [0.29, 0.717) is 15.8 Å². The van der Waals surface area contributed by atoms with E-state index in [0.717, 1.165) is 24.8 Å². The molecule has 0 fully saturated rings. The fourth-order valence-electron chi connectivity index (χ4n) is 1.35. The van der Waals surface area contributed by atoms with Crippen LogP contribution in [0.2, 0.25) is 10.0 Å². The van der Waals surface area contributed by atoms with Crippen molar-refractivity contribution < 1.29 is 9.84 Å². The zero-order valence-corrected chi connectivity index (χ0v) is 10.1. The molecule has 0 aromatic heterocycles. The third-order valence-corrected chi connectivity index (χ3v) is 2.82. The molecule has 1 N–H and O–H groups in total. The number of hydrogen-bond acceptors (Lipinski definition) is 2. The average molecular weight is 249 g/mol. The van der Waals surface area contributed by atoms with Gasteiger partial charge >= 0.3 is 0 Å². The lowest BCUT2D eigenvalue weighted by Gasteiger charge is -2.08. The quantitative estimate of drug-likeness (QED) is 0.811. The third-order valence-electron chi connectivity index (χ3n) is 2.18. The van der Waals surface area contributed by atoms with Crippen molar-refractivity contribution in [2.24, 2.45) is 0 Å². The van der Waals surface area contributed by atoms with Gasteiger partial charge in [0.1, 0.15) is 5.75 Å². The highest BCUT2D eigenvalue weighted by Crippen LogP contribution is 2.31. The highest BCUT2D eigenvalue weighted by atomic mass is 35.5. The SMILES string of the molecule is COc1cc(Cl)c(CCCCO)cc1Cl. The molecule has 0 saturated heterocycles. The van der Waals surface area contributed by atoms with E-state index in [-0.39, 0.29) is 6.61 Å². The molecule has 0 atom stereocenters. The van der Waals surface area contributed by atoms with Crippen molar-refractivity contribution in [2.75, 3.05) is 13.7 Å². The van der Waals surface area contributed by atoms with Crippen LogP contribution in [0, 0.1) is 0 Å². The van der Waals surface area contributed by atoms with Crippen LogP contribution in [0.4, 0.5) is 0 Å². The van der Waals surface area contributed by atoms with Crippen molar-refractivity contribution in [3.63, 3.8) is 0 Å². The zero-order chi connectivity index (χ0) is 11.3. The van der Waals surface area contributed by atoms with Gasteiger partial charge in [-0.3, -0.25) is 0 Å². The number of halogens is 2. The molecule has 15 heavy (non-hydrogen) atoms. The Hall–Kier alpha value is -0.440. The maximum absolute atomic E-state index is 8.67. The van der Waals surface area contributed by atoms with Gasteiger partial charge in [-0.25, -0.2) is 0 Å². The van der Waals surface area contributed by atoms with Gasteiger partial charge in [-0.2, -0.15) is 0 Å². The summed E-state index contributed by atoms with van der Waals surface area (Å²) in [5, 5.41) is 9.90. The van der Waals surface area contributed by atoms with E-state index in [1.54, 1.807) is 13.2 Å². The second-order valence-electron chi connectivity index (χ2n) is 3.26. The lowest BCUT2D eigenvalue weighted by atomic mass is 10.1. The number of methoxy groups -OCH3 is 1. The third kappa shape index (κ3) is 3.56. The zero-order valence-electron chi connectivity index (χ0n) is 8.59. The molecule has 0 aliphatic carbocycles. The van der Waals surface area contributed by atoms with Crippen molar-refractivity contribution in [1.82, 2.24) is 0 Å². The van der Waals surface area contributed by atoms with Crippen LogP contribution in [-0.4, -0.2) is 18.8 Å². The van der Waals surface area contributed by atoms with Gasteiger partial charge in [0.05, 0.1) is 12.1 Å². The molecule has 2 nitrogen and oxygen atoms in total. The van der Waals surface area contributed by atoms with Gasteiger partial charge in [-0.15, -0.1) is 0 Å². The van der Waals surface area contributed by atoms with E-state index < -0.39 is 0 Å². The number of ether oxygens (including phenoxy) is 1. The molecule has 84 valence electrons. The number of benzene rings is 1. The first-order valence-corrected chi connectivity index (χ1v) is 5.57. The van der Waals surface area contributed by atoms with Crippen LogP contribution in [-0.2, 0) is 6.42 Å². The molecule has 0 saturated carbocycles. The smallest absolute Gasteiger partial charge is 0.138 e. The van der Waals surface area contributed by atoms with Crippen molar-refractivity contribution in [1.29, 1.82) is 0 Å². The summed E-state index contributed by atoms with van der Waals surface area (Å²) in [5.41, 5.74) is 0.996. The van der Waals surface area contributed by atoms with Crippen LogP contribution < -0.4 is 4.74 Å². The Labute approximate surface area is 99.8 Å². The fourth-order valence-corrected chi connectivity index (χ4v) is 1.86. The number of aliphatic hydroxyl groups excluding tert-OH is 1. The van der Waals surface area contributed by atoms with E-state index in [4.69, 9.17) is 33.0 Å². The van der Waals surface area contributed by atoms with Gasteiger partial charge in [0.15, 0.2) is 0 Å². The monoisotopic (exact) mass is 248 g/mol. The van der Waals surface area contributed by atoms with Crippen LogP contribution in [0.15, 0.2) is 12.1 Å². The first-order chi connectivity index (χ1) is 7.19. The highest BCUT2D eigenvalue weighted by Gasteiger charge is 2.07. The molecular formula is C11H14Cl2O2. The molecule has 0 unspecified atom stereocenters. The maximum atomic E-state index is 8.67. The van der Waals surface area contributed by atoms with Crippen LogP contribution in [0.3, 0.4) is 0 Å². The number of unbranched alkanes of at least 4 members (excludes halogenated alkanes) is 1. The first-order valence-electron chi connectivity index (χ1n) is 4.81. The molecule has 0 spiro atoms. The van der Waals surface area contributed by atoms with Gasteiger partial charge in [0.2, 0.25) is 0 Å². The van der Waals surface area contributed by atoms with Gasteiger partial charge in [0.25, 0.3) is 0 Å². The average Bonchev–Trinajstić information content (AvgIpc) is 2.23. The van der Waals surface area contributed by atoms with E-state index in [9.17, 15) is 0 Å². The van der Waals surface area contributed by atoms with Gasteiger partial charge in [-0.05, 0) is 30.9 Å². The Kier molecular flexibility index (Phi) is 5.23. The van der Waals surface area contributed by atoms with Crippen molar-refractivity contribution in [3.8, 4) is 5.75 Å². The van der Waals surface area contributed by atoms with Gasteiger partial charge in [0, 0.05) is 17.7 Å². The summed E-state index contributed by atoms with van der Waals surface area (Å²) < 4.78 is 5.05. The lowest BCUT2D eigenvalue weighted by molar-refractivity contribution is 0.284. The van der Waals surface area contributed by atoms with Crippen LogP contribution in [0.25, 0.3) is 0 Å². The second-order valence-corrected chi connectivity index (χ2v) is 4.07. The molecule has 1 aromatic carbocycles. The molecule has 1 aromatic rings. The molecule has 0 aliphatic heterocycles. The van der Waals surface area contributed by atoms with E-state index in [2.05, 4.69) is 0 Å². The molecule has 0 bridgehead atoms. The first kappa shape index (κ1) is 12.6. The second kappa shape index (κ2) is 6.21. The van der Waals surface area contributed by atoms with Gasteiger partial charge in [-0.1, -0.05) is 23.2 Å². The summed E-state index contributed by atoms with van der Waals surface area (Å²) in [7, 11) is 1.56. The molecule has 0 aliphatic rings. The largest absolute Gasteiger partial charge is 0.495 e. The minimum Gasteiger partial charge on any atom is -0.495 e. The maximum Gasteiger partial charge on any atom is 0.138 e. The van der Waals surface area contributed by atoms with Crippen LogP contribution in [0.5, 0.6) is 5.75 Å². The Morgan fingerprint density at radius 2 is 1.93 bits per heavy atom. The molecule has 0 radical (unpaired) electrons. The number of aliphatic hydroxyl groups is 1. The lowest BCUT2D eigenvalue weighted by Crippen LogP contribution is -1.92. The summed E-state index contributed by atoms with van der Waals surface area (Å²) >= 11 is 12.0. The Bertz CT molecular complexity index is 327. The predicted octanol–water partition coefficient (Wildman–Crippen LogP) is 3.32. The Morgan fingerprint density at radius 3 is 2.53 bits per heavy atom. The topological polar surface area (TPSA) is 29.5 Å². The highest BCUT2D eigenvalue weighted by molar-refractivity contribution is 6.34.